The van der Waals surface area contributed by atoms with Gasteiger partial charge in [0.25, 0.3) is 0 Å². The summed E-state index contributed by atoms with van der Waals surface area (Å²) in [7, 11) is 0. The summed E-state index contributed by atoms with van der Waals surface area (Å²) in [5, 5.41) is 3.07. The van der Waals surface area contributed by atoms with Gasteiger partial charge in [0.1, 0.15) is 0 Å². The zero-order chi connectivity index (χ0) is 12.8. The number of ether oxygens (including phenoxy) is 1. The van der Waals surface area contributed by atoms with Crippen LogP contribution in [0.25, 0.3) is 0 Å². The molecular weight excluding hydrogens is 230 g/mol. The number of hydrogen-bond donors (Lipinski definition) is 2. The molecule has 2 aliphatic rings. The molecule has 2 rings (SSSR count). The van der Waals surface area contributed by atoms with Crippen LogP contribution in [0.2, 0.25) is 0 Å². The molecule has 0 aromatic heterocycles. The topological polar surface area (TPSA) is 67.6 Å². The molecule has 1 atom stereocenters. The fourth-order valence-corrected chi connectivity index (χ4v) is 2.89. The van der Waals surface area contributed by atoms with E-state index >= 15 is 0 Å². The van der Waals surface area contributed by atoms with Crippen molar-refractivity contribution >= 4 is 6.03 Å². The molecule has 3 N–H and O–H groups in total. The highest BCUT2D eigenvalue weighted by Gasteiger charge is 2.27. The highest BCUT2D eigenvalue weighted by atomic mass is 16.5. The van der Waals surface area contributed by atoms with Crippen molar-refractivity contribution in [3.63, 3.8) is 0 Å². The molecule has 0 aromatic rings. The van der Waals surface area contributed by atoms with Gasteiger partial charge in [0, 0.05) is 25.7 Å². The van der Waals surface area contributed by atoms with Crippen molar-refractivity contribution in [1.82, 2.24) is 10.2 Å². The van der Waals surface area contributed by atoms with E-state index in [-0.39, 0.29) is 12.1 Å². The molecule has 0 aromatic carbocycles. The van der Waals surface area contributed by atoms with Crippen molar-refractivity contribution in [3.8, 4) is 0 Å². The Morgan fingerprint density at radius 2 is 2.06 bits per heavy atom. The minimum atomic E-state index is 0.0443. The van der Waals surface area contributed by atoms with E-state index in [2.05, 4.69) is 5.32 Å². The predicted molar refractivity (Wildman–Crippen MR) is 70.4 cm³/mol. The Labute approximate surface area is 109 Å². The fourth-order valence-electron chi connectivity index (χ4n) is 2.89. The summed E-state index contributed by atoms with van der Waals surface area (Å²) in [6.45, 7) is 2.59. The van der Waals surface area contributed by atoms with E-state index in [1.54, 1.807) is 0 Å². The average molecular weight is 255 g/mol. The lowest BCUT2D eigenvalue weighted by molar-refractivity contribution is 0.150. The lowest BCUT2D eigenvalue weighted by Crippen LogP contribution is -2.51. The van der Waals surface area contributed by atoms with Gasteiger partial charge in [0.15, 0.2) is 0 Å². The Kier molecular flexibility index (Phi) is 5.26. The van der Waals surface area contributed by atoms with E-state index in [0.29, 0.717) is 25.7 Å². The van der Waals surface area contributed by atoms with Crippen LogP contribution < -0.4 is 11.1 Å². The average Bonchev–Trinajstić information content (AvgIpc) is 2.89. The van der Waals surface area contributed by atoms with Crippen LogP contribution >= 0.6 is 0 Å². The molecule has 0 bridgehead atoms. The molecule has 104 valence electrons. The molecular formula is C13H25N3O2. The van der Waals surface area contributed by atoms with E-state index in [0.717, 1.165) is 25.9 Å². The van der Waals surface area contributed by atoms with Crippen molar-refractivity contribution < 1.29 is 9.53 Å². The molecule has 5 nitrogen and oxygen atoms in total. The summed E-state index contributed by atoms with van der Waals surface area (Å²) >= 11 is 0. The van der Waals surface area contributed by atoms with Crippen molar-refractivity contribution in [2.45, 2.75) is 50.6 Å². The van der Waals surface area contributed by atoms with Gasteiger partial charge in [-0.2, -0.15) is 0 Å². The maximum atomic E-state index is 12.3. The quantitative estimate of drug-likeness (QED) is 0.790. The first-order valence-corrected chi connectivity index (χ1v) is 7.16. The Hall–Kier alpha value is -0.810. The summed E-state index contributed by atoms with van der Waals surface area (Å²) in [5.41, 5.74) is 5.64. The number of hydrogen-bond acceptors (Lipinski definition) is 3. The molecule has 0 spiro atoms. The van der Waals surface area contributed by atoms with Gasteiger partial charge in [-0.05, 0) is 19.3 Å². The standard InChI is InChI=1S/C13H25N3O2/c14-7-8-16(12-4-2-1-3-5-12)13(17)15-11-6-9-18-10-11/h11-12H,1-10,14H2,(H,15,17). The number of nitrogens with one attached hydrogen (secondary N) is 1. The normalized spacial score (nSPS) is 25.1. The van der Waals surface area contributed by atoms with Crippen molar-refractivity contribution in [2.75, 3.05) is 26.3 Å². The van der Waals surface area contributed by atoms with Crippen LogP contribution in [0.5, 0.6) is 0 Å². The van der Waals surface area contributed by atoms with E-state index in [4.69, 9.17) is 10.5 Å². The van der Waals surface area contributed by atoms with Crippen LogP contribution in [-0.4, -0.2) is 49.3 Å². The third-order valence-electron chi connectivity index (χ3n) is 3.90. The minimum absolute atomic E-state index is 0.0443. The Morgan fingerprint density at radius 3 is 2.67 bits per heavy atom. The van der Waals surface area contributed by atoms with Gasteiger partial charge in [0.2, 0.25) is 0 Å². The largest absolute Gasteiger partial charge is 0.379 e. The van der Waals surface area contributed by atoms with Gasteiger partial charge in [-0.1, -0.05) is 19.3 Å². The highest BCUT2D eigenvalue weighted by Crippen LogP contribution is 2.22. The number of nitrogens with zero attached hydrogens (tertiary/aromatic N) is 1. The predicted octanol–water partition coefficient (Wildman–Crippen LogP) is 1.08. The number of nitrogens with two attached hydrogens (primary N) is 1. The van der Waals surface area contributed by atoms with Gasteiger partial charge in [-0.15, -0.1) is 0 Å². The smallest absolute Gasteiger partial charge is 0.317 e. The van der Waals surface area contributed by atoms with Gasteiger partial charge < -0.3 is 20.7 Å². The maximum Gasteiger partial charge on any atom is 0.317 e. The molecule has 1 heterocycles. The maximum absolute atomic E-state index is 12.3. The molecule has 18 heavy (non-hydrogen) atoms. The first-order chi connectivity index (χ1) is 8.81. The number of urea groups is 1. The fraction of sp³-hybridized carbons (Fsp3) is 0.923. The van der Waals surface area contributed by atoms with E-state index < -0.39 is 0 Å². The molecule has 0 radical (unpaired) electrons. The second-order valence-corrected chi connectivity index (χ2v) is 5.28. The first-order valence-electron chi connectivity index (χ1n) is 7.16. The van der Waals surface area contributed by atoms with Crippen LogP contribution in [0.1, 0.15) is 38.5 Å². The number of amides is 2. The molecule has 2 amide bonds. The zero-order valence-corrected chi connectivity index (χ0v) is 11.1. The van der Waals surface area contributed by atoms with Gasteiger partial charge >= 0.3 is 6.03 Å². The zero-order valence-electron chi connectivity index (χ0n) is 11.1. The third-order valence-corrected chi connectivity index (χ3v) is 3.90. The molecule has 1 unspecified atom stereocenters. The summed E-state index contributed by atoms with van der Waals surface area (Å²) in [6.07, 6.45) is 6.91. The van der Waals surface area contributed by atoms with E-state index in [9.17, 15) is 4.79 Å². The van der Waals surface area contributed by atoms with Gasteiger partial charge in [0.05, 0.1) is 12.6 Å². The highest BCUT2D eigenvalue weighted by molar-refractivity contribution is 5.75. The second-order valence-electron chi connectivity index (χ2n) is 5.28. The molecule has 2 fully saturated rings. The van der Waals surface area contributed by atoms with Crippen molar-refractivity contribution in [2.24, 2.45) is 5.73 Å². The lowest BCUT2D eigenvalue weighted by Gasteiger charge is -2.34. The minimum Gasteiger partial charge on any atom is -0.379 e. The SMILES string of the molecule is NCCN(C(=O)NC1CCOC1)C1CCCCC1. The summed E-state index contributed by atoms with van der Waals surface area (Å²) in [4.78, 5) is 14.2. The molecule has 1 aliphatic heterocycles. The molecule has 5 heteroatoms. The van der Waals surface area contributed by atoms with Crippen LogP contribution in [-0.2, 0) is 4.74 Å². The number of carbonyl (C=O) groups is 1. The van der Waals surface area contributed by atoms with Gasteiger partial charge in [-0.3, -0.25) is 0 Å². The Bertz CT molecular complexity index is 261. The first kappa shape index (κ1) is 13.6. The van der Waals surface area contributed by atoms with Crippen LogP contribution in [0, 0.1) is 0 Å². The number of rotatable bonds is 4. The third kappa shape index (κ3) is 3.59. The summed E-state index contributed by atoms with van der Waals surface area (Å²) < 4.78 is 5.29. The lowest BCUT2D eigenvalue weighted by atomic mass is 9.94. The Morgan fingerprint density at radius 1 is 1.28 bits per heavy atom. The summed E-state index contributed by atoms with van der Waals surface area (Å²) in [6, 6.07) is 0.605. The molecule has 1 saturated heterocycles. The van der Waals surface area contributed by atoms with E-state index in [1.165, 1.54) is 19.3 Å². The van der Waals surface area contributed by atoms with Crippen LogP contribution in [0.4, 0.5) is 4.79 Å². The van der Waals surface area contributed by atoms with Gasteiger partial charge in [-0.25, -0.2) is 4.79 Å². The van der Waals surface area contributed by atoms with E-state index in [1.807, 2.05) is 4.90 Å². The molecule has 1 aliphatic carbocycles. The molecule has 1 saturated carbocycles. The summed E-state index contributed by atoms with van der Waals surface area (Å²) in [5.74, 6) is 0. The van der Waals surface area contributed by atoms with Crippen LogP contribution in [0.15, 0.2) is 0 Å². The van der Waals surface area contributed by atoms with Crippen molar-refractivity contribution in [1.29, 1.82) is 0 Å². The monoisotopic (exact) mass is 255 g/mol. The second kappa shape index (κ2) is 6.95. The Balaban J connectivity index is 1.87. The number of carbonyl (C=O) groups excluding carboxylic acids is 1. The van der Waals surface area contributed by atoms with Crippen LogP contribution in [0.3, 0.4) is 0 Å². The van der Waals surface area contributed by atoms with Crippen molar-refractivity contribution in [3.05, 3.63) is 0 Å².